The van der Waals surface area contributed by atoms with E-state index in [2.05, 4.69) is 9.97 Å². The van der Waals surface area contributed by atoms with Crippen molar-refractivity contribution in [1.82, 2.24) is 14.9 Å². The molecule has 1 aliphatic rings. The summed E-state index contributed by atoms with van der Waals surface area (Å²) < 4.78 is 10.7. The molecule has 7 nitrogen and oxygen atoms in total. The van der Waals surface area contributed by atoms with Crippen LogP contribution in [0.3, 0.4) is 0 Å². The van der Waals surface area contributed by atoms with Gasteiger partial charge in [-0.05, 0) is 36.2 Å². The number of H-pyrrole nitrogens is 1. The number of para-hydroxylation sites is 1. The normalized spacial score (nSPS) is 12.3. The van der Waals surface area contributed by atoms with Crippen molar-refractivity contribution in [2.75, 3.05) is 13.8 Å². The van der Waals surface area contributed by atoms with E-state index in [-0.39, 0.29) is 18.3 Å². The van der Waals surface area contributed by atoms with Gasteiger partial charge in [-0.1, -0.05) is 18.2 Å². The molecule has 0 spiro atoms. The van der Waals surface area contributed by atoms with E-state index >= 15 is 0 Å². The fraction of sp³-hybridized carbons (Fsp3) is 0.286. The van der Waals surface area contributed by atoms with Gasteiger partial charge >= 0.3 is 0 Å². The quantitative estimate of drug-likeness (QED) is 0.712. The smallest absolute Gasteiger partial charge is 0.258 e. The van der Waals surface area contributed by atoms with Crippen LogP contribution < -0.4 is 15.0 Å². The van der Waals surface area contributed by atoms with Crippen molar-refractivity contribution in [2.24, 2.45) is 0 Å². The summed E-state index contributed by atoms with van der Waals surface area (Å²) in [6.45, 7) is 0.735. The number of benzene rings is 2. The Morgan fingerprint density at radius 2 is 2.00 bits per heavy atom. The Labute approximate surface area is 161 Å². The third-order valence-corrected chi connectivity index (χ3v) is 4.75. The third kappa shape index (κ3) is 3.83. The first kappa shape index (κ1) is 18.0. The Balaban J connectivity index is 1.32. The predicted molar refractivity (Wildman–Crippen MR) is 104 cm³/mol. The van der Waals surface area contributed by atoms with Gasteiger partial charge in [-0.2, -0.15) is 0 Å². The number of rotatable bonds is 6. The summed E-state index contributed by atoms with van der Waals surface area (Å²) >= 11 is 0. The molecule has 0 fully saturated rings. The zero-order valence-electron chi connectivity index (χ0n) is 15.6. The van der Waals surface area contributed by atoms with E-state index in [0.29, 0.717) is 48.3 Å². The fourth-order valence-electron chi connectivity index (χ4n) is 3.25. The maximum absolute atomic E-state index is 12.4. The largest absolute Gasteiger partial charge is 0.454 e. The average Bonchev–Trinajstić information content (AvgIpc) is 3.16. The lowest BCUT2D eigenvalue weighted by Gasteiger charge is -2.17. The number of carbonyl (C=O) groups is 1. The summed E-state index contributed by atoms with van der Waals surface area (Å²) in [7, 11) is 1.78. The second-order valence-electron chi connectivity index (χ2n) is 6.82. The molecule has 2 aromatic carbocycles. The summed E-state index contributed by atoms with van der Waals surface area (Å²) in [6, 6.07) is 12.9. The Bertz CT molecular complexity index is 1080. The molecule has 0 aliphatic carbocycles. The first-order chi connectivity index (χ1) is 13.6. The standard InChI is InChI=1S/C21H21N3O4/c1-24(12-14-9-10-17-18(11-14)28-13-27-17)20(25)8-4-7-19-22-16-6-3-2-5-15(16)21(26)23-19/h2-3,5-6,9-11H,4,7-8,12-13H2,1H3,(H,22,23,26). The van der Waals surface area contributed by atoms with Crippen LogP contribution in [0.2, 0.25) is 0 Å². The highest BCUT2D eigenvalue weighted by Gasteiger charge is 2.15. The summed E-state index contributed by atoms with van der Waals surface area (Å²) in [5.74, 6) is 2.09. The molecule has 0 unspecified atom stereocenters. The van der Waals surface area contributed by atoms with Gasteiger partial charge in [0.1, 0.15) is 5.82 Å². The van der Waals surface area contributed by atoms with E-state index < -0.39 is 0 Å². The Hall–Kier alpha value is -3.35. The molecule has 1 N–H and O–H groups in total. The van der Waals surface area contributed by atoms with Gasteiger partial charge in [0.05, 0.1) is 10.9 Å². The van der Waals surface area contributed by atoms with Crippen LogP contribution in [-0.2, 0) is 17.8 Å². The van der Waals surface area contributed by atoms with Crippen molar-refractivity contribution in [2.45, 2.75) is 25.8 Å². The molecule has 28 heavy (non-hydrogen) atoms. The van der Waals surface area contributed by atoms with Crippen LogP contribution in [0.5, 0.6) is 11.5 Å². The van der Waals surface area contributed by atoms with Crippen LogP contribution in [0.15, 0.2) is 47.3 Å². The number of carbonyl (C=O) groups excluding carboxylic acids is 1. The molecule has 0 atom stereocenters. The number of fused-ring (bicyclic) bond motifs is 2. The molecule has 0 radical (unpaired) electrons. The summed E-state index contributed by atoms with van der Waals surface area (Å²) in [5.41, 5.74) is 1.51. The van der Waals surface area contributed by atoms with Crippen molar-refractivity contribution < 1.29 is 14.3 Å². The van der Waals surface area contributed by atoms with Crippen LogP contribution >= 0.6 is 0 Å². The number of aromatic amines is 1. The molecule has 3 aromatic rings. The molecule has 0 bridgehead atoms. The van der Waals surface area contributed by atoms with E-state index in [1.165, 1.54) is 0 Å². The number of hydrogen-bond donors (Lipinski definition) is 1. The van der Waals surface area contributed by atoms with E-state index in [1.807, 2.05) is 36.4 Å². The molecule has 1 amide bonds. The second-order valence-corrected chi connectivity index (χ2v) is 6.82. The van der Waals surface area contributed by atoms with Crippen LogP contribution in [0.1, 0.15) is 24.2 Å². The number of nitrogens with one attached hydrogen (secondary N) is 1. The zero-order valence-corrected chi connectivity index (χ0v) is 15.6. The van der Waals surface area contributed by atoms with Crippen molar-refractivity contribution in [3.8, 4) is 11.5 Å². The van der Waals surface area contributed by atoms with Crippen molar-refractivity contribution in [3.63, 3.8) is 0 Å². The lowest BCUT2D eigenvalue weighted by atomic mass is 10.1. The average molecular weight is 379 g/mol. The third-order valence-electron chi connectivity index (χ3n) is 4.75. The van der Waals surface area contributed by atoms with Crippen molar-refractivity contribution in [1.29, 1.82) is 0 Å². The molecule has 144 valence electrons. The van der Waals surface area contributed by atoms with E-state index in [0.717, 1.165) is 11.3 Å². The minimum absolute atomic E-state index is 0.0424. The second kappa shape index (κ2) is 7.72. The number of hydrogen-bond acceptors (Lipinski definition) is 5. The van der Waals surface area contributed by atoms with E-state index in [9.17, 15) is 9.59 Å². The van der Waals surface area contributed by atoms with Gasteiger partial charge in [0.2, 0.25) is 12.7 Å². The molecule has 0 saturated heterocycles. The maximum Gasteiger partial charge on any atom is 0.258 e. The monoisotopic (exact) mass is 379 g/mol. The Morgan fingerprint density at radius 3 is 2.89 bits per heavy atom. The molecule has 0 saturated carbocycles. The van der Waals surface area contributed by atoms with Gasteiger partial charge in [-0.15, -0.1) is 0 Å². The molecule has 7 heteroatoms. The highest BCUT2D eigenvalue weighted by atomic mass is 16.7. The highest BCUT2D eigenvalue weighted by molar-refractivity contribution is 5.77. The van der Waals surface area contributed by atoms with Gasteiger partial charge < -0.3 is 19.4 Å². The van der Waals surface area contributed by atoms with Gasteiger partial charge in [0.25, 0.3) is 5.56 Å². The number of aryl methyl sites for hydroxylation is 1. The first-order valence-electron chi connectivity index (χ1n) is 9.20. The minimum Gasteiger partial charge on any atom is -0.454 e. The molecule has 4 rings (SSSR count). The molecule has 1 aromatic heterocycles. The first-order valence-corrected chi connectivity index (χ1v) is 9.20. The number of amides is 1. The lowest BCUT2D eigenvalue weighted by Crippen LogP contribution is -2.26. The van der Waals surface area contributed by atoms with Crippen LogP contribution in [0, 0.1) is 0 Å². The van der Waals surface area contributed by atoms with Gasteiger partial charge in [-0.3, -0.25) is 9.59 Å². The van der Waals surface area contributed by atoms with E-state index in [4.69, 9.17) is 9.47 Å². The van der Waals surface area contributed by atoms with Crippen molar-refractivity contribution in [3.05, 3.63) is 64.2 Å². The van der Waals surface area contributed by atoms with Gasteiger partial charge in [-0.25, -0.2) is 4.98 Å². The van der Waals surface area contributed by atoms with Crippen LogP contribution in [-0.4, -0.2) is 34.6 Å². The topological polar surface area (TPSA) is 84.5 Å². The molecule has 2 heterocycles. The minimum atomic E-state index is -0.146. The summed E-state index contributed by atoms with van der Waals surface area (Å²) in [5, 5.41) is 0.575. The van der Waals surface area contributed by atoms with Crippen molar-refractivity contribution >= 4 is 16.8 Å². The Kier molecular flexibility index (Phi) is 4.97. The Morgan fingerprint density at radius 1 is 1.18 bits per heavy atom. The summed E-state index contributed by atoms with van der Waals surface area (Å²) in [6.07, 6.45) is 1.55. The highest BCUT2D eigenvalue weighted by Crippen LogP contribution is 2.32. The van der Waals surface area contributed by atoms with Crippen LogP contribution in [0.25, 0.3) is 10.9 Å². The van der Waals surface area contributed by atoms with Gasteiger partial charge in [0, 0.05) is 26.4 Å². The number of nitrogens with zero attached hydrogens (tertiary/aromatic N) is 2. The number of ether oxygens (including phenoxy) is 2. The lowest BCUT2D eigenvalue weighted by molar-refractivity contribution is -0.130. The molecule has 1 aliphatic heterocycles. The van der Waals surface area contributed by atoms with E-state index in [1.54, 1.807) is 18.0 Å². The van der Waals surface area contributed by atoms with Gasteiger partial charge in [0.15, 0.2) is 11.5 Å². The maximum atomic E-state index is 12.4. The zero-order chi connectivity index (χ0) is 19.5. The molecular weight excluding hydrogens is 358 g/mol. The summed E-state index contributed by atoms with van der Waals surface area (Å²) in [4.78, 5) is 33.5. The predicted octanol–water partition coefficient (Wildman–Crippen LogP) is 2.63. The molecular formula is C21H21N3O4. The van der Waals surface area contributed by atoms with Crippen LogP contribution in [0.4, 0.5) is 0 Å². The SMILES string of the molecule is CN(Cc1ccc2c(c1)OCO2)C(=O)CCCc1nc2ccccc2c(=O)[nH]1. The fourth-order valence-corrected chi connectivity index (χ4v) is 3.25. The number of aromatic nitrogens is 2.